The molecule has 1 aliphatic heterocycles. The molecule has 0 saturated carbocycles. The summed E-state index contributed by atoms with van der Waals surface area (Å²) in [6.07, 6.45) is 8.89. The van der Waals surface area contributed by atoms with Gasteiger partial charge in [-0.1, -0.05) is 12.2 Å². The molecule has 0 aromatic heterocycles. The van der Waals surface area contributed by atoms with Gasteiger partial charge in [-0.25, -0.2) is 0 Å². The first-order valence-corrected chi connectivity index (χ1v) is 4.72. The summed E-state index contributed by atoms with van der Waals surface area (Å²) in [5.41, 5.74) is 0. The van der Waals surface area contributed by atoms with Crippen LogP contribution in [0.2, 0.25) is 0 Å². The van der Waals surface area contributed by atoms with Crippen LogP contribution in [0.5, 0.6) is 0 Å². The van der Waals surface area contributed by atoms with E-state index in [0.717, 1.165) is 25.7 Å². The molecule has 0 N–H and O–H groups in total. The summed E-state index contributed by atoms with van der Waals surface area (Å²) in [6.45, 7) is 0. The molecule has 1 saturated heterocycles. The molecule has 2 nitrogen and oxygen atoms in total. The minimum atomic E-state index is 0.347. The van der Waals surface area contributed by atoms with Crippen molar-refractivity contribution >= 4 is 5.91 Å². The molecule has 1 fully saturated rings. The third kappa shape index (κ3) is 1.06. The molecule has 66 valence electrons. The Morgan fingerprint density at radius 2 is 2.00 bits per heavy atom. The second kappa shape index (κ2) is 2.92. The maximum Gasteiger partial charge on any atom is 0.227 e. The van der Waals surface area contributed by atoms with Crippen molar-refractivity contribution in [2.45, 2.75) is 31.7 Å². The van der Waals surface area contributed by atoms with E-state index in [9.17, 15) is 4.79 Å². The van der Waals surface area contributed by atoms with Gasteiger partial charge >= 0.3 is 0 Å². The summed E-state index contributed by atoms with van der Waals surface area (Å²) >= 11 is 0. The van der Waals surface area contributed by atoms with Crippen LogP contribution in [-0.2, 0) is 4.79 Å². The number of carbonyl (C=O) groups excluding carboxylic acids is 1. The van der Waals surface area contributed by atoms with Gasteiger partial charge in [0.15, 0.2) is 0 Å². The third-order valence-corrected chi connectivity index (χ3v) is 3.07. The van der Waals surface area contributed by atoms with Crippen molar-refractivity contribution in [3.8, 4) is 0 Å². The molecule has 0 bridgehead atoms. The van der Waals surface area contributed by atoms with E-state index in [4.69, 9.17) is 0 Å². The zero-order valence-electron chi connectivity index (χ0n) is 7.49. The lowest BCUT2D eigenvalue weighted by Crippen LogP contribution is -2.58. The normalized spacial score (nSPS) is 35.1. The Kier molecular flexibility index (Phi) is 1.91. The van der Waals surface area contributed by atoms with Gasteiger partial charge in [-0.05, 0) is 25.7 Å². The third-order valence-electron chi connectivity index (χ3n) is 3.07. The van der Waals surface area contributed by atoms with E-state index in [1.54, 1.807) is 0 Å². The van der Waals surface area contributed by atoms with Crippen LogP contribution in [0, 0.1) is 5.92 Å². The Hall–Kier alpha value is -0.790. The number of carbonyl (C=O) groups is 1. The molecule has 0 aromatic carbocycles. The van der Waals surface area contributed by atoms with Crippen LogP contribution >= 0.6 is 0 Å². The monoisotopic (exact) mass is 165 g/mol. The summed E-state index contributed by atoms with van der Waals surface area (Å²) in [5, 5.41) is 0. The number of allylic oxidation sites excluding steroid dienone is 2. The number of nitrogens with zero attached hydrogens (tertiary/aromatic N) is 1. The first kappa shape index (κ1) is 7.84. The number of amides is 1. The highest BCUT2D eigenvalue weighted by atomic mass is 16.2. The van der Waals surface area contributed by atoms with E-state index in [1.807, 2.05) is 11.9 Å². The van der Waals surface area contributed by atoms with Crippen molar-refractivity contribution in [3.05, 3.63) is 12.2 Å². The van der Waals surface area contributed by atoms with E-state index in [0.29, 0.717) is 17.9 Å². The molecule has 12 heavy (non-hydrogen) atoms. The van der Waals surface area contributed by atoms with Crippen LogP contribution in [-0.4, -0.2) is 23.9 Å². The highest BCUT2D eigenvalue weighted by molar-refractivity contribution is 5.85. The van der Waals surface area contributed by atoms with Crippen LogP contribution in [0.4, 0.5) is 0 Å². The van der Waals surface area contributed by atoms with E-state index >= 15 is 0 Å². The second-order valence-corrected chi connectivity index (χ2v) is 3.75. The van der Waals surface area contributed by atoms with Crippen molar-refractivity contribution in [1.82, 2.24) is 4.90 Å². The predicted octanol–water partition coefficient (Wildman–Crippen LogP) is 1.57. The van der Waals surface area contributed by atoms with E-state index < -0.39 is 0 Å². The van der Waals surface area contributed by atoms with Crippen molar-refractivity contribution in [2.24, 2.45) is 5.92 Å². The molecule has 2 rings (SSSR count). The van der Waals surface area contributed by atoms with Gasteiger partial charge in [0, 0.05) is 13.1 Å². The minimum Gasteiger partial charge on any atom is -0.342 e. The van der Waals surface area contributed by atoms with E-state index in [-0.39, 0.29) is 0 Å². The van der Waals surface area contributed by atoms with Crippen molar-refractivity contribution in [1.29, 1.82) is 0 Å². The Labute approximate surface area is 73.2 Å². The average molecular weight is 165 g/mol. The summed E-state index contributed by atoms with van der Waals surface area (Å²) in [5.74, 6) is 0.704. The largest absolute Gasteiger partial charge is 0.342 e. The molecule has 1 heterocycles. The fraction of sp³-hybridized carbons (Fsp3) is 0.700. The topological polar surface area (TPSA) is 20.3 Å². The van der Waals surface area contributed by atoms with Gasteiger partial charge in [0.2, 0.25) is 5.91 Å². The molecule has 0 spiro atoms. The lowest BCUT2D eigenvalue weighted by molar-refractivity contribution is -0.154. The molecule has 1 aliphatic carbocycles. The van der Waals surface area contributed by atoms with Crippen LogP contribution in [0.25, 0.3) is 0 Å². The zero-order chi connectivity index (χ0) is 8.55. The van der Waals surface area contributed by atoms with Crippen LogP contribution < -0.4 is 0 Å². The van der Waals surface area contributed by atoms with Crippen LogP contribution in [0.1, 0.15) is 25.7 Å². The van der Waals surface area contributed by atoms with E-state index in [2.05, 4.69) is 12.2 Å². The first-order chi connectivity index (χ1) is 5.80. The molecule has 2 atom stereocenters. The zero-order valence-corrected chi connectivity index (χ0v) is 7.49. The van der Waals surface area contributed by atoms with Crippen molar-refractivity contribution < 1.29 is 4.79 Å². The number of likely N-dealkylation sites (tertiary alicyclic amines) is 1. The maximum absolute atomic E-state index is 11.4. The van der Waals surface area contributed by atoms with E-state index in [1.165, 1.54) is 0 Å². The molecule has 1 amide bonds. The number of fused-ring (bicyclic) bond motifs is 1. The Balaban J connectivity index is 2.05. The van der Waals surface area contributed by atoms with Gasteiger partial charge in [0.05, 0.1) is 5.92 Å². The molecular weight excluding hydrogens is 150 g/mol. The number of hydrogen-bond donors (Lipinski definition) is 0. The highest BCUT2D eigenvalue weighted by Crippen LogP contribution is 2.33. The quantitative estimate of drug-likeness (QED) is 0.394. The highest BCUT2D eigenvalue weighted by Gasteiger charge is 2.43. The number of rotatable bonds is 0. The van der Waals surface area contributed by atoms with Gasteiger partial charge in [0.25, 0.3) is 0 Å². The SMILES string of the molecule is CN1C(=O)[C@H]2CCC=CCC[C@@H]21. The minimum absolute atomic E-state index is 0.347. The van der Waals surface area contributed by atoms with Gasteiger partial charge in [0.1, 0.15) is 0 Å². The first-order valence-electron chi connectivity index (χ1n) is 4.72. The summed E-state index contributed by atoms with van der Waals surface area (Å²) in [7, 11) is 1.93. The average Bonchev–Trinajstić information content (AvgIpc) is 2.04. The molecular formula is C10H15NO. The Morgan fingerprint density at radius 3 is 2.75 bits per heavy atom. The molecule has 0 unspecified atom stereocenters. The summed E-state index contributed by atoms with van der Waals surface area (Å²) in [6, 6.07) is 0.544. The van der Waals surface area contributed by atoms with Gasteiger partial charge in [-0.2, -0.15) is 0 Å². The number of β-lactam (4-membered cyclic amide) rings is 1. The van der Waals surface area contributed by atoms with Crippen molar-refractivity contribution in [3.63, 3.8) is 0 Å². The van der Waals surface area contributed by atoms with Gasteiger partial charge in [-0.3, -0.25) is 4.79 Å². The van der Waals surface area contributed by atoms with Gasteiger partial charge < -0.3 is 4.90 Å². The predicted molar refractivity (Wildman–Crippen MR) is 47.7 cm³/mol. The molecule has 2 heteroatoms. The molecule has 0 radical (unpaired) electrons. The smallest absolute Gasteiger partial charge is 0.227 e. The Morgan fingerprint density at radius 1 is 1.33 bits per heavy atom. The van der Waals surface area contributed by atoms with Crippen LogP contribution in [0.3, 0.4) is 0 Å². The summed E-state index contributed by atoms with van der Waals surface area (Å²) < 4.78 is 0. The fourth-order valence-corrected chi connectivity index (χ4v) is 2.27. The van der Waals surface area contributed by atoms with Gasteiger partial charge in [-0.15, -0.1) is 0 Å². The second-order valence-electron chi connectivity index (χ2n) is 3.75. The summed E-state index contributed by atoms with van der Waals surface area (Å²) in [4.78, 5) is 13.3. The molecule has 0 aromatic rings. The number of hydrogen-bond acceptors (Lipinski definition) is 1. The lowest BCUT2D eigenvalue weighted by Gasteiger charge is -2.45. The van der Waals surface area contributed by atoms with Crippen LogP contribution in [0.15, 0.2) is 12.2 Å². The maximum atomic E-state index is 11.4. The lowest BCUT2D eigenvalue weighted by atomic mass is 9.80. The van der Waals surface area contributed by atoms with Crippen molar-refractivity contribution in [2.75, 3.05) is 7.05 Å². The fourth-order valence-electron chi connectivity index (χ4n) is 2.27. The Bertz CT molecular complexity index is 222. The molecule has 2 aliphatic rings. The standard InChI is InChI=1S/C10H15NO/c1-11-9-7-5-3-2-4-6-8(9)10(11)12/h2-3,8-9H,4-7H2,1H3/t8-,9-/m0/s1.